The summed E-state index contributed by atoms with van der Waals surface area (Å²) in [6.45, 7) is 5.53. The maximum atomic E-state index is 13.5. The zero-order valence-electron chi connectivity index (χ0n) is 20.6. The second-order valence-corrected chi connectivity index (χ2v) is 11.5. The number of likely N-dealkylation sites (tertiary alicyclic amines) is 1. The Balaban J connectivity index is 1.31. The molecule has 184 valence electrons. The molecule has 7 rings (SSSR count). The third-order valence-corrected chi connectivity index (χ3v) is 9.02. The minimum atomic E-state index is -0.266. The molecule has 1 amide bonds. The summed E-state index contributed by atoms with van der Waals surface area (Å²) < 4.78 is 15.4. The largest absolute Gasteiger partial charge is 0.335 e. The van der Waals surface area contributed by atoms with Gasteiger partial charge >= 0.3 is 0 Å². The summed E-state index contributed by atoms with van der Waals surface area (Å²) >= 11 is 1.46. The monoisotopic (exact) mass is 508 g/mol. The van der Waals surface area contributed by atoms with Crippen LogP contribution in [-0.2, 0) is 5.41 Å². The highest BCUT2D eigenvalue weighted by Gasteiger charge is 2.71. The van der Waals surface area contributed by atoms with Crippen LogP contribution in [0.4, 0.5) is 4.39 Å². The summed E-state index contributed by atoms with van der Waals surface area (Å²) in [6, 6.07) is 21.5. The van der Waals surface area contributed by atoms with E-state index in [1.54, 1.807) is 18.3 Å². The lowest BCUT2D eigenvalue weighted by atomic mass is 9.86. The lowest BCUT2D eigenvalue weighted by Crippen LogP contribution is -2.34. The Labute approximate surface area is 218 Å². The summed E-state index contributed by atoms with van der Waals surface area (Å²) in [4.78, 5) is 20.8. The van der Waals surface area contributed by atoms with E-state index < -0.39 is 0 Å². The number of carbonyl (C=O) groups excluding carboxylic acids is 1. The van der Waals surface area contributed by atoms with Crippen LogP contribution in [0.5, 0.6) is 0 Å². The number of halogens is 1. The average molecular weight is 509 g/mol. The molecule has 3 aromatic carbocycles. The Bertz CT molecular complexity index is 1660. The Morgan fingerprint density at radius 1 is 1.05 bits per heavy atom. The van der Waals surface area contributed by atoms with E-state index in [1.165, 1.54) is 40.2 Å². The summed E-state index contributed by atoms with van der Waals surface area (Å²) in [6.07, 6.45) is 3.65. The molecule has 37 heavy (non-hydrogen) atoms. The molecule has 3 atom stereocenters. The molecule has 1 aliphatic heterocycles. The van der Waals surface area contributed by atoms with Crippen LogP contribution in [-0.4, -0.2) is 38.7 Å². The van der Waals surface area contributed by atoms with Gasteiger partial charge in [-0.1, -0.05) is 30.3 Å². The molecule has 2 fully saturated rings. The first-order chi connectivity index (χ1) is 18.0. The molecular weight excluding hydrogens is 483 g/mol. The number of aromatic nitrogens is 3. The predicted molar refractivity (Wildman–Crippen MR) is 143 cm³/mol. The van der Waals surface area contributed by atoms with Crippen molar-refractivity contribution in [3.05, 3.63) is 112 Å². The molecule has 2 aromatic heterocycles. The summed E-state index contributed by atoms with van der Waals surface area (Å²) in [7, 11) is 0. The molecule has 0 N–H and O–H groups in total. The Hall–Kier alpha value is -3.84. The van der Waals surface area contributed by atoms with Crippen LogP contribution in [0.1, 0.15) is 37.3 Å². The molecule has 5 aromatic rings. The van der Waals surface area contributed by atoms with Crippen LogP contribution in [0.15, 0.2) is 79.1 Å². The summed E-state index contributed by atoms with van der Waals surface area (Å²) in [5.41, 5.74) is 5.46. The van der Waals surface area contributed by atoms with E-state index >= 15 is 0 Å². The van der Waals surface area contributed by atoms with E-state index in [-0.39, 0.29) is 17.1 Å². The van der Waals surface area contributed by atoms with Gasteiger partial charge in [0.15, 0.2) is 5.01 Å². The molecule has 5 nitrogen and oxygen atoms in total. The molecule has 3 heterocycles. The highest BCUT2D eigenvalue weighted by molar-refractivity contribution is 7.13. The van der Waals surface area contributed by atoms with E-state index in [1.807, 2.05) is 22.7 Å². The van der Waals surface area contributed by atoms with Gasteiger partial charge in [-0.3, -0.25) is 4.79 Å². The van der Waals surface area contributed by atoms with Crippen molar-refractivity contribution in [1.29, 1.82) is 0 Å². The van der Waals surface area contributed by atoms with Crippen LogP contribution in [0.25, 0.3) is 16.6 Å². The quantitative estimate of drug-likeness (QED) is 0.297. The zero-order valence-corrected chi connectivity index (χ0v) is 21.4. The van der Waals surface area contributed by atoms with Crippen molar-refractivity contribution in [2.24, 2.45) is 5.92 Å². The zero-order chi connectivity index (χ0) is 25.3. The van der Waals surface area contributed by atoms with Crippen molar-refractivity contribution in [2.75, 3.05) is 13.1 Å². The lowest BCUT2D eigenvalue weighted by Gasteiger charge is -2.25. The SMILES string of the molecule is Cc1cnc(C(=O)N2CC3C(c4ccccc4)C3(c3cc4cnn(-c5ccc(F)cc5)c4cc3C)C2)s1. The van der Waals surface area contributed by atoms with E-state index in [2.05, 4.69) is 59.5 Å². The van der Waals surface area contributed by atoms with Gasteiger partial charge in [0.05, 0.1) is 17.4 Å². The van der Waals surface area contributed by atoms with Gasteiger partial charge in [-0.25, -0.2) is 14.1 Å². The van der Waals surface area contributed by atoms with Crippen LogP contribution >= 0.6 is 11.3 Å². The van der Waals surface area contributed by atoms with E-state index in [9.17, 15) is 9.18 Å². The molecule has 1 saturated heterocycles. The van der Waals surface area contributed by atoms with Gasteiger partial charge in [-0.15, -0.1) is 11.3 Å². The third kappa shape index (κ3) is 3.37. The number of carbonyl (C=O) groups is 1. The number of hydrogen-bond donors (Lipinski definition) is 0. The van der Waals surface area contributed by atoms with Crippen molar-refractivity contribution in [3.8, 4) is 5.69 Å². The molecule has 1 aliphatic carbocycles. The summed E-state index contributed by atoms with van der Waals surface area (Å²) in [5.74, 6) is 0.472. The number of aryl methyl sites for hydroxylation is 2. The molecule has 3 unspecified atom stereocenters. The molecule has 0 radical (unpaired) electrons. The fourth-order valence-corrected chi connectivity index (χ4v) is 7.21. The van der Waals surface area contributed by atoms with Crippen LogP contribution in [0.3, 0.4) is 0 Å². The van der Waals surface area contributed by atoms with Crippen LogP contribution in [0, 0.1) is 25.6 Å². The standard InChI is InChI=1S/C30H25FN4OS/c1-18-12-26-21(15-33-35(26)23-10-8-22(31)9-11-23)13-24(18)30-17-34(29(36)28-32-14-19(2)37-28)16-25(30)27(30)20-6-4-3-5-7-20/h3-15,25,27H,16-17H2,1-2H3. The first kappa shape index (κ1) is 22.4. The van der Waals surface area contributed by atoms with Crippen LogP contribution < -0.4 is 0 Å². The molecule has 7 heteroatoms. The second kappa shape index (κ2) is 8.08. The smallest absolute Gasteiger partial charge is 0.282 e. The van der Waals surface area contributed by atoms with Gasteiger partial charge in [-0.05, 0) is 72.9 Å². The number of nitrogens with zero attached hydrogens (tertiary/aromatic N) is 4. The maximum absolute atomic E-state index is 13.5. The van der Waals surface area contributed by atoms with Gasteiger partial charge in [0.1, 0.15) is 5.82 Å². The van der Waals surface area contributed by atoms with Gasteiger partial charge in [-0.2, -0.15) is 5.10 Å². The Morgan fingerprint density at radius 2 is 1.84 bits per heavy atom. The minimum absolute atomic E-state index is 0.0272. The number of piperidine rings is 1. The number of rotatable bonds is 4. The molecule has 0 bridgehead atoms. The van der Waals surface area contributed by atoms with E-state index in [0.717, 1.165) is 28.0 Å². The minimum Gasteiger partial charge on any atom is -0.335 e. The van der Waals surface area contributed by atoms with E-state index in [4.69, 9.17) is 0 Å². The van der Waals surface area contributed by atoms with Gasteiger partial charge in [0.2, 0.25) is 0 Å². The number of hydrogen-bond acceptors (Lipinski definition) is 4. The lowest BCUT2D eigenvalue weighted by molar-refractivity contribution is 0.0768. The fraction of sp³-hybridized carbons (Fsp3) is 0.233. The van der Waals surface area contributed by atoms with Crippen molar-refractivity contribution < 1.29 is 9.18 Å². The van der Waals surface area contributed by atoms with Crippen molar-refractivity contribution >= 4 is 28.1 Å². The molecule has 2 aliphatic rings. The Morgan fingerprint density at radius 3 is 2.57 bits per heavy atom. The van der Waals surface area contributed by atoms with Gasteiger partial charge in [0.25, 0.3) is 5.91 Å². The van der Waals surface area contributed by atoms with Gasteiger partial charge in [0, 0.05) is 40.9 Å². The second-order valence-electron chi connectivity index (χ2n) is 10.3. The molecular formula is C30H25FN4OS. The highest BCUT2D eigenvalue weighted by Crippen LogP contribution is 2.70. The predicted octanol–water partition coefficient (Wildman–Crippen LogP) is 6.05. The topological polar surface area (TPSA) is 51.0 Å². The number of amides is 1. The van der Waals surface area contributed by atoms with Crippen molar-refractivity contribution in [2.45, 2.75) is 25.2 Å². The normalized spacial score (nSPS) is 22.4. The molecule has 0 spiro atoms. The number of thiazole rings is 1. The van der Waals surface area contributed by atoms with E-state index in [0.29, 0.717) is 23.4 Å². The number of fused-ring (bicyclic) bond motifs is 2. The maximum Gasteiger partial charge on any atom is 0.282 e. The third-order valence-electron chi connectivity index (χ3n) is 8.12. The first-order valence-electron chi connectivity index (χ1n) is 12.5. The van der Waals surface area contributed by atoms with Crippen molar-refractivity contribution in [3.63, 3.8) is 0 Å². The van der Waals surface area contributed by atoms with Crippen LogP contribution in [0.2, 0.25) is 0 Å². The average Bonchev–Trinajstić information content (AvgIpc) is 3.32. The van der Waals surface area contributed by atoms with Gasteiger partial charge < -0.3 is 4.90 Å². The molecule has 1 saturated carbocycles. The fourth-order valence-electron chi connectivity index (χ4n) is 6.47. The Kier molecular flexibility index (Phi) is 4.88. The highest BCUT2D eigenvalue weighted by atomic mass is 32.1. The first-order valence-corrected chi connectivity index (χ1v) is 13.3. The van der Waals surface area contributed by atoms with Crippen molar-refractivity contribution in [1.82, 2.24) is 19.7 Å². The number of benzene rings is 3. The summed E-state index contributed by atoms with van der Waals surface area (Å²) in [5, 5.41) is 6.23.